The molecule has 0 N–H and O–H groups in total. The summed E-state index contributed by atoms with van der Waals surface area (Å²) in [5.41, 5.74) is 0. The zero-order valence-electron chi connectivity index (χ0n) is 5.66. The molecule has 0 aromatic rings. The molecule has 0 heterocycles. The molecule has 0 saturated heterocycles. The van der Waals surface area contributed by atoms with Crippen LogP contribution in [0.5, 0.6) is 0 Å². The Morgan fingerprint density at radius 1 is 1.50 bits per heavy atom. The van der Waals surface area contributed by atoms with Crippen molar-refractivity contribution in [2.75, 3.05) is 11.9 Å². The summed E-state index contributed by atoms with van der Waals surface area (Å²) in [7, 11) is 0. The van der Waals surface area contributed by atoms with E-state index in [2.05, 4.69) is 26.3 Å². The maximum Gasteiger partial charge on any atom is 0.118 e. The minimum absolute atomic E-state index is 0.0176. The summed E-state index contributed by atoms with van der Waals surface area (Å²) in [6, 6.07) is -0.475. The standard InChI is InChI=1S/C5H9BrN2O2/c1-4(2-6)5(8-10)3-7-9/h4-5H,2-3H2,1H3. The van der Waals surface area contributed by atoms with Crippen LogP contribution in [-0.4, -0.2) is 17.9 Å². The molecule has 0 aliphatic carbocycles. The number of halogens is 1. The molecule has 0 saturated carbocycles. The van der Waals surface area contributed by atoms with Gasteiger partial charge in [0, 0.05) is 5.33 Å². The molecule has 0 aromatic carbocycles. The lowest BCUT2D eigenvalue weighted by Gasteiger charge is -2.09. The summed E-state index contributed by atoms with van der Waals surface area (Å²) in [6.07, 6.45) is 0. The highest BCUT2D eigenvalue weighted by Crippen LogP contribution is 2.10. The fourth-order valence-corrected chi connectivity index (χ4v) is 0.928. The van der Waals surface area contributed by atoms with Crippen LogP contribution in [0.3, 0.4) is 0 Å². The van der Waals surface area contributed by atoms with E-state index in [1.165, 1.54) is 0 Å². The second kappa shape index (κ2) is 5.46. The minimum atomic E-state index is -0.475. The third-order valence-electron chi connectivity index (χ3n) is 1.30. The SMILES string of the molecule is CC(CBr)C(CN=O)N=O. The predicted molar refractivity (Wildman–Crippen MR) is 43.2 cm³/mol. The molecule has 0 fully saturated rings. The third kappa shape index (κ3) is 3.00. The van der Waals surface area contributed by atoms with Crippen LogP contribution in [-0.2, 0) is 0 Å². The molecule has 0 bridgehead atoms. The van der Waals surface area contributed by atoms with Gasteiger partial charge < -0.3 is 0 Å². The van der Waals surface area contributed by atoms with E-state index < -0.39 is 6.04 Å². The fraction of sp³-hybridized carbons (Fsp3) is 1.00. The van der Waals surface area contributed by atoms with E-state index in [9.17, 15) is 9.81 Å². The van der Waals surface area contributed by atoms with Gasteiger partial charge in [-0.1, -0.05) is 33.2 Å². The molecule has 0 radical (unpaired) electrons. The monoisotopic (exact) mass is 208 g/mol. The van der Waals surface area contributed by atoms with E-state index >= 15 is 0 Å². The molecule has 58 valence electrons. The van der Waals surface area contributed by atoms with Gasteiger partial charge in [0.05, 0.1) is 0 Å². The Bertz CT molecular complexity index is 120. The van der Waals surface area contributed by atoms with E-state index in [0.29, 0.717) is 5.33 Å². The molecule has 2 unspecified atom stereocenters. The van der Waals surface area contributed by atoms with Crippen LogP contribution < -0.4 is 0 Å². The summed E-state index contributed by atoms with van der Waals surface area (Å²) in [4.78, 5) is 19.8. The average molecular weight is 209 g/mol. The zero-order chi connectivity index (χ0) is 7.98. The number of hydrogen-bond acceptors (Lipinski definition) is 4. The fourth-order valence-electron chi connectivity index (χ4n) is 0.496. The normalized spacial score (nSPS) is 15.8. The van der Waals surface area contributed by atoms with Crippen molar-refractivity contribution in [1.82, 2.24) is 0 Å². The van der Waals surface area contributed by atoms with Crippen LogP contribution in [0.25, 0.3) is 0 Å². The first-order valence-electron chi connectivity index (χ1n) is 2.93. The van der Waals surface area contributed by atoms with Crippen molar-refractivity contribution in [3.63, 3.8) is 0 Å². The first-order chi connectivity index (χ1) is 4.76. The minimum Gasteiger partial charge on any atom is -0.151 e. The highest BCUT2D eigenvalue weighted by atomic mass is 79.9. The van der Waals surface area contributed by atoms with Gasteiger partial charge in [-0.05, 0) is 5.92 Å². The van der Waals surface area contributed by atoms with Crippen molar-refractivity contribution < 1.29 is 0 Å². The van der Waals surface area contributed by atoms with Crippen molar-refractivity contribution in [2.24, 2.45) is 16.3 Å². The molecule has 10 heavy (non-hydrogen) atoms. The lowest BCUT2D eigenvalue weighted by molar-refractivity contribution is 0.510. The van der Waals surface area contributed by atoms with Crippen LogP contribution in [0.2, 0.25) is 0 Å². The molecular formula is C5H9BrN2O2. The van der Waals surface area contributed by atoms with Crippen LogP contribution in [0, 0.1) is 15.7 Å². The van der Waals surface area contributed by atoms with Crippen LogP contribution in [0.1, 0.15) is 6.92 Å². The van der Waals surface area contributed by atoms with Gasteiger partial charge in [0.1, 0.15) is 12.6 Å². The number of rotatable bonds is 5. The van der Waals surface area contributed by atoms with E-state index in [1.807, 2.05) is 6.92 Å². The first-order valence-corrected chi connectivity index (χ1v) is 4.06. The topological polar surface area (TPSA) is 58.9 Å². The summed E-state index contributed by atoms with van der Waals surface area (Å²) in [6.45, 7) is 1.82. The Morgan fingerprint density at radius 2 is 2.10 bits per heavy atom. The first kappa shape index (κ1) is 9.68. The molecule has 4 nitrogen and oxygen atoms in total. The molecule has 0 aliphatic rings. The lowest BCUT2D eigenvalue weighted by atomic mass is 10.1. The van der Waals surface area contributed by atoms with E-state index in [4.69, 9.17) is 0 Å². The molecular weight excluding hydrogens is 200 g/mol. The summed E-state index contributed by atoms with van der Waals surface area (Å²) in [5.74, 6) is 0.0789. The molecule has 0 aromatic heterocycles. The van der Waals surface area contributed by atoms with E-state index in [-0.39, 0.29) is 12.5 Å². The lowest BCUT2D eigenvalue weighted by Crippen LogP contribution is -2.19. The van der Waals surface area contributed by atoms with Crippen molar-refractivity contribution in [1.29, 1.82) is 0 Å². The summed E-state index contributed by atoms with van der Waals surface area (Å²) in [5, 5.41) is 6.05. The number of nitrogens with zero attached hydrogens (tertiary/aromatic N) is 2. The predicted octanol–water partition coefficient (Wildman–Crippen LogP) is 1.92. The Kier molecular flexibility index (Phi) is 5.29. The largest absolute Gasteiger partial charge is 0.151 e. The highest BCUT2D eigenvalue weighted by Gasteiger charge is 2.16. The average Bonchev–Trinajstić information content (AvgIpc) is 1.99. The molecule has 5 heteroatoms. The Balaban J connectivity index is 3.78. The molecule has 0 spiro atoms. The van der Waals surface area contributed by atoms with Crippen molar-refractivity contribution in [2.45, 2.75) is 13.0 Å². The van der Waals surface area contributed by atoms with Gasteiger partial charge in [-0.25, -0.2) is 0 Å². The molecule has 2 atom stereocenters. The van der Waals surface area contributed by atoms with Gasteiger partial charge in [0.25, 0.3) is 0 Å². The smallest absolute Gasteiger partial charge is 0.118 e. The Labute approximate surface area is 67.5 Å². The zero-order valence-corrected chi connectivity index (χ0v) is 7.24. The van der Waals surface area contributed by atoms with Gasteiger partial charge in [-0.3, -0.25) is 0 Å². The van der Waals surface area contributed by atoms with Crippen molar-refractivity contribution in [3.8, 4) is 0 Å². The van der Waals surface area contributed by atoms with Gasteiger partial charge in [0.15, 0.2) is 0 Å². The molecule has 0 amide bonds. The van der Waals surface area contributed by atoms with Crippen LogP contribution >= 0.6 is 15.9 Å². The maximum absolute atomic E-state index is 10.0. The van der Waals surface area contributed by atoms with Gasteiger partial charge >= 0.3 is 0 Å². The summed E-state index contributed by atoms with van der Waals surface area (Å²) >= 11 is 3.18. The highest BCUT2D eigenvalue weighted by molar-refractivity contribution is 9.09. The van der Waals surface area contributed by atoms with Gasteiger partial charge in [-0.2, -0.15) is 9.81 Å². The van der Waals surface area contributed by atoms with Gasteiger partial charge in [-0.15, -0.1) is 0 Å². The number of hydrogen-bond donors (Lipinski definition) is 0. The van der Waals surface area contributed by atoms with Crippen LogP contribution in [0.15, 0.2) is 10.4 Å². The van der Waals surface area contributed by atoms with Gasteiger partial charge in [0.2, 0.25) is 0 Å². The second-order valence-electron chi connectivity index (χ2n) is 2.12. The molecule has 0 aliphatic heterocycles. The van der Waals surface area contributed by atoms with Crippen molar-refractivity contribution in [3.05, 3.63) is 9.81 Å². The maximum atomic E-state index is 10.0. The quantitative estimate of drug-likeness (QED) is 0.512. The Hall–Kier alpha value is -0.320. The second-order valence-corrected chi connectivity index (χ2v) is 2.76. The van der Waals surface area contributed by atoms with Crippen LogP contribution in [0.4, 0.5) is 0 Å². The number of alkyl halides is 1. The summed E-state index contributed by atoms with van der Waals surface area (Å²) < 4.78 is 0. The Morgan fingerprint density at radius 3 is 2.40 bits per heavy atom. The third-order valence-corrected chi connectivity index (χ3v) is 2.32. The number of nitroso groups, excluding NO2 is 2. The van der Waals surface area contributed by atoms with Crippen molar-refractivity contribution >= 4 is 15.9 Å². The molecule has 0 rings (SSSR count). The van der Waals surface area contributed by atoms with E-state index in [1.54, 1.807) is 0 Å². The van der Waals surface area contributed by atoms with E-state index in [0.717, 1.165) is 0 Å².